The lowest BCUT2D eigenvalue weighted by molar-refractivity contribution is -0.137. The van der Waals surface area contributed by atoms with Gasteiger partial charge in [-0.05, 0) is 53.8 Å². The van der Waals surface area contributed by atoms with Gasteiger partial charge >= 0.3 is 6.18 Å². The van der Waals surface area contributed by atoms with Crippen molar-refractivity contribution in [3.8, 4) is 11.1 Å². The average Bonchev–Trinajstić information content (AvgIpc) is 3.33. The van der Waals surface area contributed by atoms with Crippen molar-refractivity contribution in [3.63, 3.8) is 0 Å². The molecule has 0 spiro atoms. The number of alkyl halides is 3. The largest absolute Gasteiger partial charge is 0.513 e. The van der Waals surface area contributed by atoms with E-state index >= 15 is 0 Å². The van der Waals surface area contributed by atoms with Crippen LogP contribution >= 0.6 is 0 Å². The molecule has 1 saturated heterocycles. The number of benzene rings is 3. The molecule has 0 aliphatic carbocycles. The van der Waals surface area contributed by atoms with Crippen molar-refractivity contribution in [1.82, 2.24) is 4.90 Å². The topological polar surface area (TPSA) is 45.1 Å². The van der Waals surface area contributed by atoms with Crippen LogP contribution in [0.25, 0.3) is 11.1 Å². The lowest BCUT2D eigenvalue weighted by Crippen LogP contribution is -2.20. The summed E-state index contributed by atoms with van der Waals surface area (Å²) in [6.45, 7) is 7.87. The first-order chi connectivity index (χ1) is 17.2. The maximum Gasteiger partial charge on any atom is 0.417 e. The normalized spacial score (nSPS) is 16.8. The lowest BCUT2D eigenvalue weighted by Gasteiger charge is -2.16. The number of aliphatic hydroxyl groups is 1. The molecule has 188 valence electrons. The van der Waals surface area contributed by atoms with Gasteiger partial charge in [0.15, 0.2) is 0 Å². The minimum absolute atomic E-state index is 0.0696. The first kappa shape index (κ1) is 25.5. The van der Waals surface area contributed by atoms with E-state index in [1.165, 1.54) is 6.07 Å². The maximum atomic E-state index is 13.7. The van der Waals surface area contributed by atoms with Gasteiger partial charge in [-0.3, -0.25) is 4.90 Å². The van der Waals surface area contributed by atoms with E-state index in [9.17, 15) is 18.3 Å². The van der Waals surface area contributed by atoms with Crippen LogP contribution in [0.5, 0.6) is 0 Å². The second-order valence-electron chi connectivity index (χ2n) is 9.10. The molecule has 3 aromatic carbocycles. The van der Waals surface area contributed by atoms with Gasteiger partial charge < -0.3 is 9.94 Å². The molecule has 0 amide bonds. The van der Waals surface area contributed by atoms with Gasteiger partial charge in [0, 0.05) is 19.0 Å². The van der Waals surface area contributed by atoms with Gasteiger partial charge in [0.2, 0.25) is 0 Å². The number of likely N-dealkylation sites (tertiary alicyclic amines) is 1. The van der Waals surface area contributed by atoms with Crippen molar-refractivity contribution in [1.29, 1.82) is 0 Å². The summed E-state index contributed by atoms with van der Waals surface area (Å²) in [6.07, 6.45) is -3.57. The summed E-state index contributed by atoms with van der Waals surface area (Å²) >= 11 is 0. The molecular formula is C29H29F3N2O2. The Morgan fingerprint density at radius 2 is 1.75 bits per heavy atom. The van der Waals surface area contributed by atoms with Crippen LogP contribution in [0.4, 0.5) is 13.2 Å². The minimum atomic E-state index is -4.48. The van der Waals surface area contributed by atoms with Crippen LogP contribution < -0.4 is 0 Å². The van der Waals surface area contributed by atoms with Crippen molar-refractivity contribution >= 4 is 5.71 Å². The van der Waals surface area contributed by atoms with Gasteiger partial charge in [0.1, 0.15) is 6.61 Å². The highest BCUT2D eigenvalue weighted by atomic mass is 19.4. The zero-order chi connectivity index (χ0) is 25.7. The molecule has 1 aliphatic heterocycles. The molecule has 1 aliphatic rings. The van der Waals surface area contributed by atoms with E-state index in [4.69, 9.17) is 4.84 Å². The number of hydrogen-bond donors (Lipinski definition) is 1. The Kier molecular flexibility index (Phi) is 7.79. The summed E-state index contributed by atoms with van der Waals surface area (Å²) in [5.74, 6) is 0.388. The summed E-state index contributed by atoms with van der Waals surface area (Å²) in [5, 5.41) is 13.7. The smallest absolute Gasteiger partial charge is 0.417 e. The van der Waals surface area contributed by atoms with Crippen LogP contribution in [-0.2, 0) is 24.2 Å². The van der Waals surface area contributed by atoms with Crippen LogP contribution in [0.15, 0.2) is 90.3 Å². The van der Waals surface area contributed by atoms with E-state index < -0.39 is 11.7 Å². The summed E-state index contributed by atoms with van der Waals surface area (Å²) in [5.41, 5.74) is 3.00. The fourth-order valence-corrected chi connectivity index (χ4v) is 4.40. The molecule has 1 unspecified atom stereocenters. The Labute approximate surface area is 209 Å². The van der Waals surface area contributed by atoms with Crippen molar-refractivity contribution in [2.24, 2.45) is 11.1 Å². The molecule has 0 aromatic heterocycles. The number of hydrogen-bond acceptors (Lipinski definition) is 4. The summed E-state index contributed by atoms with van der Waals surface area (Å²) < 4.78 is 41.1. The van der Waals surface area contributed by atoms with Crippen molar-refractivity contribution < 1.29 is 23.1 Å². The Morgan fingerprint density at radius 3 is 2.39 bits per heavy atom. The number of nitrogens with zero attached hydrogens (tertiary/aromatic N) is 2. The quantitative estimate of drug-likeness (QED) is 0.205. The fraction of sp³-hybridized carbons (Fsp3) is 0.276. The van der Waals surface area contributed by atoms with Crippen molar-refractivity contribution in [3.05, 3.63) is 107 Å². The maximum absolute atomic E-state index is 13.7. The van der Waals surface area contributed by atoms with Crippen molar-refractivity contribution in [2.75, 3.05) is 13.1 Å². The second kappa shape index (κ2) is 11.0. The van der Waals surface area contributed by atoms with Gasteiger partial charge in [-0.15, -0.1) is 0 Å². The fourth-order valence-electron chi connectivity index (χ4n) is 4.40. The van der Waals surface area contributed by atoms with Gasteiger partial charge in [-0.2, -0.15) is 13.2 Å². The van der Waals surface area contributed by atoms with Crippen LogP contribution in [0.3, 0.4) is 0 Å². The zero-order valence-electron chi connectivity index (χ0n) is 20.1. The van der Waals surface area contributed by atoms with Crippen LogP contribution in [-0.4, -0.2) is 28.8 Å². The first-order valence-corrected chi connectivity index (χ1v) is 11.8. The number of oxime groups is 1. The molecule has 1 N–H and O–H groups in total. The molecule has 3 aromatic rings. The third-order valence-electron chi connectivity index (χ3n) is 6.43. The summed E-state index contributed by atoms with van der Waals surface area (Å²) in [6, 6.07) is 20.7. The highest BCUT2D eigenvalue weighted by Gasteiger charge is 2.34. The van der Waals surface area contributed by atoms with Crippen LogP contribution in [0, 0.1) is 5.92 Å². The Hall–Kier alpha value is -3.58. The van der Waals surface area contributed by atoms with Crippen molar-refractivity contribution in [2.45, 2.75) is 32.7 Å². The highest BCUT2D eigenvalue weighted by Crippen LogP contribution is 2.37. The first-order valence-electron chi connectivity index (χ1n) is 11.8. The molecular weight excluding hydrogens is 465 g/mol. The van der Waals surface area contributed by atoms with Crippen LogP contribution in [0.1, 0.15) is 35.6 Å². The molecule has 4 rings (SSSR count). The predicted octanol–water partition coefficient (Wildman–Crippen LogP) is 7.21. The number of halogens is 3. The summed E-state index contributed by atoms with van der Waals surface area (Å²) in [4.78, 5) is 7.68. The molecule has 0 saturated carbocycles. The van der Waals surface area contributed by atoms with Crippen LogP contribution in [0.2, 0.25) is 0 Å². The molecule has 0 radical (unpaired) electrons. The third kappa shape index (κ3) is 6.34. The van der Waals surface area contributed by atoms with Gasteiger partial charge in [-0.25, -0.2) is 0 Å². The predicted molar refractivity (Wildman–Crippen MR) is 135 cm³/mol. The molecule has 36 heavy (non-hydrogen) atoms. The Balaban J connectivity index is 1.38. The van der Waals surface area contributed by atoms with E-state index in [-0.39, 0.29) is 23.8 Å². The minimum Gasteiger partial charge on any atom is -0.513 e. The van der Waals surface area contributed by atoms with E-state index in [1.807, 2.05) is 24.3 Å². The van der Waals surface area contributed by atoms with Gasteiger partial charge in [0.05, 0.1) is 17.0 Å². The number of aliphatic hydroxyl groups excluding tert-OH is 1. The molecule has 1 atom stereocenters. The van der Waals surface area contributed by atoms with E-state index in [0.717, 1.165) is 43.2 Å². The van der Waals surface area contributed by atoms with E-state index in [0.29, 0.717) is 16.8 Å². The Bertz CT molecular complexity index is 1220. The standard InChI is InChI=1S/C29H29F3N2O2/c1-20(24-11-8-22(9-12-24)17-34-15-14-26(18-34)21(2)35)33-36-19-23-10-13-27(25-6-4-3-5-7-25)28(16-23)29(30,31)32/h3-13,16,26,35H,2,14-15,17-19H2,1H3/b33-20+. The van der Waals surface area contributed by atoms with Gasteiger partial charge in [-0.1, -0.05) is 78.5 Å². The van der Waals surface area contributed by atoms with Gasteiger partial charge in [0.25, 0.3) is 0 Å². The molecule has 1 fully saturated rings. The Morgan fingerprint density at radius 1 is 1.06 bits per heavy atom. The second-order valence-corrected chi connectivity index (χ2v) is 9.10. The lowest BCUT2D eigenvalue weighted by atomic mass is 9.97. The SMILES string of the molecule is C=C(O)C1CCN(Cc2ccc(/C(C)=N/OCc3ccc(-c4ccccc4)c(C(F)(F)F)c3)cc2)C1. The van der Waals surface area contributed by atoms with E-state index in [2.05, 4.69) is 16.6 Å². The summed E-state index contributed by atoms with van der Waals surface area (Å²) in [7, 11) is 0. The van der Waals surface area contributed by atoms with E-state index in [1.54, 1.807) is 43.3 Å². The molecule has 0 bridgehead atoms. The highest BCUT2D eigenvalue weighted by molar-refractivity contribution is 5.98. The molecule has 7 heteroatoms. The zero-order valence-corrected chi connectivity index (χ0v) is 20.1. The number of rotatable bonds is 8. The molecule has 1 heterocycles. The molecule has 4 nitrogen and oxygen atoms in total. The third-order valence-corrected chi connectivity index (χ3v) is 6.43. The average molecular weight is 495 g/mol. The monoisotopic (exact) mass is 494 g/mol.